The molecule has 3 aromatic rings. The lowest BCUT2D eigenvalue weighted by Crippen LogP contribution is -2.22. The summed E-state index contributed by atoms with van der Waals surface area (Å²) in [4.78, 5) is 34.0. The molecule has 2 N–H and O–H groups in total. The fourth-order valence-electron chi connectivity index (χ4n) is 2.61. The van der Waals surface area contributed by atoms with Crippen LogP contribution >= 0.6 is 11.6 Å². The minimum atomic E-state index is -1.23. The number of anilines is 1. The number of carboxylic acids is 1. The topological polar surface area (TPSA) is 137 Å². The van der Waals surface area contributed by atoms with Crippen molar-refractivity contribution in [2.45, 2.75) is 13.5 Å². The number of amides is 1. The van der Waals surface area contributed by atoms with E-state index in [1.807, 2.05) is 0 Å². The fourth-order valence-corrected chi connectivity index (χ4v) is 2.73. The number of halogens is 1. The zero-order chi connectivity index (χ0) is 21.8. The number of rotatable bonds is 7. The van der Waals surface area contributed by atoms with E-state index in [0.717, 1.165) is 10.2 Å². The van der Waals surface area contributed by atoms with Gasteiger partial charge in [-0.1, -0.05) is 11.6 Å². The zero-order valence-electron chi connectivity index (χ0n) is 15.5. The molecule has 0 bridgehead atoms. The van der Waals surface area contributed by atoms with Gasteiger partial charge in [-0.2, -0.15) is 5.10 Å². The van der Waals surface area contributed by atoms with Gasteiger partial charge >= 0.3 is 5.97 Å². The van der Waals surface area contributed by atoms with Crippen LogP contribution in [0.1, 0.15) is 16.1 Å². The highest BCUT2D eigenvalue weighted by Gasteiger charge is 2.16. The van der Waals surface area contributed by atoms with E-state index in [2.05, 4.69) is 10.4 Å². The van der Waals surface area contributed by atoms with Crippen molar-refractivity contribution >= 4 is 34.9 Å². The first kappa shape index (κ1) is 20.8. The minimum Gasteiger partial charge on any atom is -0.477 e. The van der Waals surface area contributed by atoms with Crippen molar-refractivity contribution in [2.24, 2.45) is 0 Å². The van der Waals surface area contributed by atoms with Crippen molar-refractivity contribution in [3.8, 4) is 11.5 Å². The molecule has 3 rings (SSSR count). The third-order valence-corrected chi connectivity index (χ3v) is 4.40. The Kier molecular flexibility index (Phi) is 5.98. The van der Waals surface area contributed by atoms with Gasteiger partial charge in [-0.05, 0) is 36.8 Å². The molecule has 0 saturated carbocycles. The van der Waals surface area contributed by atoms with Gasteiger partial charge in [0.1, 0.15) is 23.7 Å². The monoisotopic (exact) mass is 430 g/mol. The number of carbonyl (C=O) groups excluding carboxylic acids is 1. The third-order valence-electron chi connectivity index (χ3n) is 3.98. The summed E-state index contributed by atoms with van der Waals surface area (Å²) in [7, 11) is 0. The van der Waals surface area contributed by atoms with Crippen molar-refractivity contribution in [2.75, 3.05) is 5.32 Å². The van der Waals surface area contributed by atoms with Crippen LogP contribution < -0.4 is 10.1 Å². The SMILES string of the molecule is Cc1cc(Oc2cc(NC(=O)Cn3nccc3C(=O)O)cc([N+](=O)[O-])c2)ccc1Cl. The first-order valence-electron chi connectivity index (χ1n) is 8.51. The summed E-state index contributed by atoms with van der Waals surface area (Å²) in [6, 6.07) is 9.96. The number of nitrogens with one attached hydrogen (secondary N) is 1. The van der Waals surface area contributed by atoms with Crippen LogP contribution in [-0.4, -0.2) is 31.7 Å². The molecule has 0 aliphatic heterocycles. The van der Waals surface area contributed by atoms with Crippen molar-refractivity contribution in [1.29, 1.82) is 0 Å². The number of aromatic carboxylic acids is 1. The molecule has 0 spiro atoms. The number of aromatic nitrogens is 2. The maximum atomic E-state index is 12.3. The van der Waals surface area contributed by atoms with Crippen molar-refractivity contribution in [3.05, 3.63) is 75.1 Å². The standard InChI is InChI=1S/C19H15ClN4O6/c1-11-6-14(2-3-16(11)20)30-15-8-12(7-13(9-15)24(28)29)22-18(25)10-23-17(19(26)27)4-5-21-23/h2-9H,10H2,1H3,(H,22,25)(H,26,27). The van der Waals surface area contributed by atoms with Crippen molar-refractivity contribution < 1.29 is 24.4 Å². The van der Waals surface area contributed by atoms with E-state index < -0.39 is 16.8 Å². The molecule has 0 radical (unpaired) electrons. The highest BCUT2D eigenvalue weighted by atomic mass is 35.5. The number of hydrogen-bond acceptors (Lipinski definition) is 6. The Morgan fingerprint density at radius 1 is 1.23 bits per heavy atom. The molecule has 0 saturated heterocycles. The van der Waals surface area contributed by atoms with Crippen LogP contribution in [0.3, 0.4) is 0 Å². The fraction of sp³-hybridized carbons (Fsp3) is 0.105. The summed E-state index contributed by atoms with van der Waals surface area (Å²) in [5, 5.41) is 27.2. The first-order chi connectivity index (χ1) is 14.2. The van der Waals surface area contributed by atoms with E-state index in [4.69, 9.17) is 21.4 Å². The molecule has 0 aliphatic rings. The molecule has 11 heteroatoms. The maximum absolute atomic E-state index is 12.3. The molecule has 154 valence electrons. The highest BCUT2D eigenvalue weighted by molar-refractivity contribution is 6.31. The average molecular weight is 431 g/mol. The molecule has 30 heavy (non-hydrogen) atoms. The van der Waals surface area contributed by atoms with E-state index in [-0.39, 0.29) is 29.4 Å². The predicted molar refractivity (Wildman–Crippen MR) is 107 cm³/mol. The number of nitrogens with zero attached hydrogens (tertiary/aromatic N) is 3. The second-order valence-electron chi connectivity index (χ2n) is 6.21. The number of nitro groups is 1. The van der Waals surface area contributed by atoms with E-state index in [9.17, 15) is 19.7 Å². The summed E-state index contributed by atoms with van der Waals surface area (Å²) in [5.41, 5.74) is 0.422. The lowest BCUT2D eigenvalue weighted by atomic mass is 10.2. The maximum Gasteiger partial charge on any atom is 0.354 e. The summed E-state index contributed by atoms with van der Waals surface area (Å²) in [6.45, 7) is 1.40. The highest BCUT2D eigenvalue weighted by Crippen LogP contribution is 2.31. The Hall–Kier alpha value is -3.92. The van der Waals surface area contributed by atoms with Gasteiger partial charge in [-0.25, -0.2) is 9.48 Å². The number of benzene rings is 2. The van der Waals surface area contributed by atoms with E-state index in [1.54, 1.807) is 25.1 Å². The molecule has 1 heterocycles. The Balaban J connectivity index is 1.82. The summed E-state index contributed by atoms with van der Waals surface area (Å²) in [6.07, 6.45) is 1.25. The average Bonchev–Trinajstić information content (AvgIpc) is 3.12. The number of hydrogen-bond donors (Lipinski definition) is 2. The summed E-state index contributed by atoms with van der Waals surface area (Å²) in [5.74, 6) is -1.30. The third kappa shape index (κ3) is 4.92. The summed E-state index contributed by atoms with van der Waals surface area (Å²) >= 11 is 5.99. The lowest BCUT2D eigenvalue weighted by Gasteiger charge is -2.11. The van der Waals surface area contributed by atoms with Crippen molar-refractivity contribution in [1.82, 2.24) is 9.78 Å². The Bertz CT molecular complexity index is 1140. The van der Waals surface area contributed by atoms with Gasteiger partial charge in [0.25, 0.3) is 5.69 Å². The summed E-state index contributed by atoms with van der Waals surface area (Å²) < 4.78 is 6.68. The van der Waals surface area contributed by atoms with Gasteiger partial charge in [0.15, 0.2) is 0 Å². The van der Waals surface area contributed by atoms with Gasteiger partial charge in [-0.3, -0.25) is 14.9 Å². The van der Waals surface area contributed by atoms with Crippen LogP contribution in [0.5, 0.6) is 11.5 Å². The van der Waals surface area contributed by atoms with Gasteiger partial charge in [-0.15, -0.1) is 0 Å². The lowest BCUT2D eigenvalue weighted by molar-refractivity contribution is -0.384. The molecule has 0 aliphatic carbocycles. The number of non-ortho nitro benzene ring substituents is 1. The molecule has 10 nitrogen and oxygen atoms in total. The Morgan fingerprint density at radius 3 is 2.67 bits per heavy atom. The number of carboxylic acid groups (broad SMARTS) is 1. The van der Waals surface area contributed by atoms with Crippen LogP contribution in [-0.2, 0) is 11.3 Å². The van der Waals surface area contributed by atoms with Gasteiger partial charge in [0.05, 0.1) is 16.7 Å². The van der Waals surface area contributed by atoms with E-state index in [0.29, 0.717) is 10.8 Å². The normalized spacial score (nSPS) is 10.5. The van der Waals surface area contributed by atoms with Gasteiger partial charge < -0.3 is 15.2 Å². The second kappa shape index (κ2) is 8.62. The molecular formula is C19H15ClN4O6. The number of aryl methyl sites for hydroxylation is 1. The van der Waals surface area contributed by atoms with Crippen LogP contribution in [0.2, 0.25) is 5.02 Å². The molecule has 0 atom stereocenters. The molecule has 0 fully saturated rings. The molecule has 1 amide bonds. The number of ether oxygens (including phenoxy) is 1. The van der Waals surface area contributed by atoms with Crippen molar-refractivity contribution in [3.63, 3.8) is 0 Å². The van der Waals surface area contributed by atoms with Crippen LogP contribution in [0.4, 0.5) is 11.4 Å². The first-order valence-corrected chi connectivity index (χ1v) is 8.89. The number of carbonyl (C=O) groups is 2. The van der Waals surface area contributed by atoms with Gasteiger partial charge in [0.2, 0.25) is 5.91 Å². The van der Waals surface area contributed by atoms with Crippen LogP contribution in [0.25, 0.3) is 0 Å². The van der Waals surface area contributed by atoms with Gasteiger partial charge in [0, 0.05) is 23.4 Å². The molecular weight excluding hydrogens is 416 g/mol. The zero-order valence-corrected chi connectivity index (χ0v) is 16.3. The molecule has 0 unspecified atom stereocenters. The molecule has 1 aromatic heterocycles. The number of nitro benzene ring substituents is 1. The van der Waals surface area contributed by atoms with E-state index in [1.165, 1.54) is 30.5 Å². The van der Waals surface area contributed by atoms with Crippen LogP contribution in [0, 0.1) is 17.0 Å². The largest absolute Gasteiger partial charge is 0.477 e. The Morgan fingerprint density at radius 2 is 2.00 bits per heavy atom. The smallest absolute Gasteiger partial charge is 0.354 e. The van der Waals surface area contributed by atoms with Crippen LogP contribution in [0.15, 0.2) is 48.7 Å². The predicted octanol–water partition coefficient (Wildman–Crippen LogP) is 3.88. The quantitative estimate of drug-likeness (QED) is 0.428. The second-order valence-corrected chi connectivity index (χ2v) is 6.62. The van der Waals surface area contributed by atoms with E-state index >= 15 is 0 Å². The molecule has 2 aromatic carbocycles. The Labute approximate surface area is 174 Å². The minimum absolute atomic E-state index is 0.110.